The number of nitrogens with zero attached hydrogens (tertiary/aromatic N) is 3. The highest BCUT2D eigenvalue weighted by Crippen LogP contribution is 2.32. The minimum absolute atomic E-state index is 0.131. The zero-order valence-electron chi connectivity index (χ0n) is 14.7. The second-order valence-electron chi connectivity index (χ2n) is 5.87. The number of fused-ring (bicyclic) bond motifs is 1. The summed E-state index contributed by atoms with van der Waals surface area (Å²) >= 11 is 2.00. The molecule has 0 saturated carbocycles. The van der Waals surface area contributed by atoms with Crippen LogP contribution in [0.1, 0.15) is 10.5 Å². The molecule has 1 atom stereocenters. The maximum atomic E-state index is 14.3. The lowest BCUT2D eigenvalue weighted by atomic mass is 10.2. The Morgan fingerprint density at radius 2 is 2.25 bits per heavy atom. The van der Waals surface area contributed by atoms with Crippen molar-refractivity contribution in [3.63, 3.8) is 0 Å². The lowest BCUT2D eigenvalue weighted by Crippen LogP contribution is -2.31. The van der Waals surface area contributed by atoms with E-state index in [0.29, 0.717) is 16.7 Å². The van der Waals surface area contributed by atoms with Gasteiger partial charge >= 0.3 is 0 Å². The number of aryl methyl sites for hydroxylation is 1. The van der Waals surface area contributed by atoms with E-state index in [-0.39, 0.29) is 18.0 Å². The number of rotatable bonds is 7. The number of benzene rings is 1. The highest BCUT2D eigenvalue weighted by atomic mass is 127. The molecule has 0 bridgehead atoms. The first-order chi connectivity index (χ1) is 13.4. The summed E-state index contributed by atoms with van der Waals surface area (Å²) in [5.41, 5.74) is 3.29. The average molecular weight is 501 g/mol. The molecule has 0 spiro atoms. The molecule has 11 heteroatoms. The molecule has 0 aliphatic rings. The van der Waals surface area contributed by atoms with Crippen LogP contribution in [0, 0.1) is 9.39 Å². The average Bonchev–Trinajstić information content (AvgIpc) is 2.96. The van der Waals surface area contributed by atoms with Gasteiger partial charge < -0.3 is 20.1 Å². The third kappa shape index (κ3) is 4.22. The van der Waals surface area contributed by atoms with Crippen LogP contribution in [0.2, 0.25) is 0 Å². The minimum atomic E-state index is -1.13. The Kier molecular flexibility index (Phi) is 6.39. The SMILES string of the molecule is Cn1c(C(=O)NOC[C@H](O)CO)c(Nc2ccc(I)cc2F)c2cncnc21. The number of carbonyl (C=O) groups excluding carboxylic acids is 1. The van der Waals surface area contributed by atoms with Crippen LogP contribution in [0.25, 0.3) is 11.0 Å². The summed E-state index contributed by atoms with van der Waals surface area (Å²) in [6, 6.07) is 4.66. The fourth-order valence-corrected chi connectivity index (χ4v) is 3.04. The van der Waals surface area contributed by atoms with E-state index in [0.717, 1.165) is 3.57 Å². The maximum absolute atomic E-state index is 14.3. The number of hydrogen-bond acceptors (Lipinski definition) is 7. The summed E-state index contributed by atoms with van der Waals surface area (Å²) in [4.78, 5) is 25.8. The van der Waals surface area contributed by atoms with Gasteiger partial charge in [0.15, 0.2) is 0 Å². The van der Waals surface area contributed by atoms with Crippen molar-refractivity contribution in [2.24, 2.45) is 7.05 Å². The standard InChI is InChI=1S/C17H17FIN5O4/c1-24-15(17(27)23-28-7-10(26)6-25)14(11-5-20-8-21-16(11)24)22-13-3-2-9(19)4-12(13)18/h2-5,8,10,22,25-26H,6-7H2,1H3,(H,23,27)/t10-/m1/s1. The normalized spacial score (nSPS) is 12.2. The third-order valence-corrected chi connectivity index (χ3v) is 4.58. The van der Waals surface area contributed by atoms with Gasteiger partial charge in [-0.25, -0.2) is 19.8 Å². The fourth-order valence-electron chi connectivity index (χ4n) is 2.59. The molecule has 0 aliphatic carbocycles. The van der Waals surface area contributed by atoms with E-state index in [9.17, 15) is 14.3 Å². The number of amides is 1. The van der Waals surface area contributed by atoms with Crippen LogP contribution < -0.4 is 10.8 Å². The van der Waals surface area contributed by atoms with Crippen LogP contribution in [-0.4, -0.2) is 50.0 Å². The molecule has 1 aromatic carbocycles. The predicted octanol–water partition coefficient (Wildman–Crippen LogP) is 1.47. The van der Waals surface area contributed by atoms with Gasteiger partial charge in [0.2, 0.25) is 0 Å². The summed E-state index contributed by atoms with van der Waals surface area (Å²) in [7, 11) is 1.63. The molecule has 1 amide bonds. The Labute approximate surface area is 172 Å². The molecule has 2 aromatic heterocycles. The highest BCUT2D eigenvalue weighted by molar-refractivity contribution is 14.1. The largest absolute Gasteiger partial charge is 0.394 e. The van der Waals surface area contributed by atoms with E-state index in [1.54, 1.807) is 19.2 Å². The van der Waals surface area contributed by atoms with Gasteiger partial charge in [-0.3, -0.25) is 9.63 Å². The Morgan fingerprint density at radius 3 is 2.96 bits per heavy atom. The molecular formula is C17H17FIN5O4. The maximum Gasteiger partial charge on any atom is 0.293 e. The molecule has 3 aromatic rings. The van der Waals surface area contributed by atoms with Crippen molar-refractivity contribution in [2.75, 3.05) is 18.5 Å². The van der Waals surface area contributed by atoms with Gasteiger partial charge in [0.05, 0.1) is 23.4 Å². The lowest BCUT2D eigenvalue weighted by Gasteiger charge is -2.12. The van der Waals surface area contributed by atoms with Gasteiger partial charge in [0.1, 0.15) is 36.2 Å². The molecule has 148 valence electrons. The summed E-state index contributed by atoms with van der Waals surface area (Å²) < 4.78 is 16.6. The molecule has 2 heterocycles. The van der Waals surface area contributed by atoms with Crippen molar-refractivity contribution in [1.29, 1.82) is 0 Å². The first kappa shape index (κ1) is 20.4. The Bertz CT molecular complexity index is 1010. The van der Waals surface area contributed by atoms with Crippen molar-refractivity contribution >= 4 is 50.9 Å². The van der Waals surface area contributed by atoms with Crippen LogP contribution >= 0.6 is 22.6 Å². The molecule has 9 nitrogen and oxygen atoms in total. The molecule has 0 aliphatic heterocycles. The number of anilines is 2. The molecule has 3 rings (SSSR count). The number of carbonyl (C=O) groups is 1. The van der Waals surface area contributed by atoms with Crippen molar-refractivity contribution in [3.8, 4) is 0 Å². The van der Waals surface area contributed by atoms with Crippen LogP contribution in [0.15, 0.2) is 30.7 Å². The number of aliphatic hydroxyl groups is 2. The van der Waals surface area contributed by atoms with Crippen LogP contribution in [-0.2, 0) is 11.9 Å². The first-order valence-corrected chi connectivity index (χ1v) is 9.21. The highest BCUT2D eigenvalue weighted by Gasteiger charge is 2.23. The number of nitrogens with one attached hydrogen (secondary N) is 2. The van der Waals surface area contributed by atoms with Crippen molar-refractivity contribution in [2.45, 2.75) is 6.10 Å². The molecule has 28 heavy (non-hydrogen) atoms. The Balaban J connectivity index is 1.98. The zero-order valence-corrected chi connectivity index (χ0v) is 16.8. The van der Waals surface area contributed by atoms with Gasteiger partial charge in [-0.1, -0.05) is 0 Å². The van der Waals surface area contributed by atoms with E-state index >= 15 is 0 Å². The molecule has 0 fully saturated rings. The zero-order chi connectivity index (χ0) is 20.3. The number of halogens is 2. The van der Waals surface area contributed by atoms with Crippen LogP contribution in [0.3, 0.4) is 0 Å². The summed E-state index contributed by atoms with van der Waals surface area (Å²) in [5.74, 6) is -1.12. The first-order valence-electron chi connectivity index (χ1n) is 8.14. The summed E-state index contributed by atoms with van der Waals surface area (Å²) in [6.07, 6.45) is 1.73. The van der Waals surface area contributed by atoms with E-state index < -0.39 is 24.4 Å². The van der Waals surface area contributed by atoms with Crippen LogP contribution in [0.4, 0.5) is 15.8 Å². The second kappa shape index (κ2) is 8.77. The van der Waals surface area contributed by atoms with Crippen molar-refractivity contribution in [3.05, 3.63) is 45.8 Å². The molecule has 4 N–H and O–H groups in total. The van der Waals surface area contributed by atoms with E-state index in [2.05, 4.69) is 20.8 Å². The number of hydroxylamine groups is 1. The Morgan fingerprint density at radius 1 is 1.46 bits per heavy atom. The van der Waals surface area contributed by atoms with Gasteiger partial charge in [-0.05, 0) is 40.8 Å². The second-order valence-corrected chi connectivity index (χ2v) is 7.12. The van der Waals surface area contributed by atoms with E-state index in [1.807, 2.05) is 22.6 Å². The molecule has 0 unspecified atom stereocenters. The predicted molar refractivity (Wildman–Crippen MR) is 107 cm³/mol. The third-order valence-electron chi connectivity index (χ3n) is 3.91. The van der Waals surface area contributed by atoms with Crippen molar-refractivity contribution in [1.82, 2.24) is 20.0 Å². The minimum Gasteiger partial charge on any atom is -0.394 e. The van der Waals surface area contributed by atoms with Crippen LogP contribution in [0.5, 0.6) is 0 Å². The number of aromatic nitrogens is 3. The monoisotopic (exact) mass is 501 g/mol. The number of aliphatic hydroxyl groups excluding tert-OH is 2. The summed E-state index contributed by atoms with van der Waals surface area (Å²) in [5, 5.41) is 21.6. The van der Waals surface area contributed by atoms with E-state index in [1.165, 1.54) is 23.2 Å². The smallest absolute Gasteiger partial charge is 0.293 e. The lowest BCUT2D eigenvalue weighted by molar-refractivity contribution is -0.0297. The molecule has 0 saturated heterocycles. The van der Waals surface area contributed by atoms with Crippen molar-refractivity contribution < 1.29 is 24.2 Å². The van der Waals surface area contributed by atoms with Gasteiger partial charge in [-0.15, -0.1) is 0 Å². The molecule has 0 radical (unpaired) electrons. The van der Waals surface area contributed by atoms with Gasteiger partial charge in [-0.2, -0.15) is 0 Å². The fraction of sp³-hybridized carbons (Fsp3) is 0.235. The topological polar surface area (TPSA) is 122 Å². The summed E-state index contributed by atoms with van der Waals surface area (Å²) in [6.45, 7) is -0.793. The quantitative estimate of drug-likeness (QED) is 0.286. The van der Waals surface area contributed by atoms with E-state index in [4.69, 9.17) is 9.94 Å². The van der Waals surface area contributed by atoms with Gasteiger partial charge in [0.25, 0.3) is 5.91 Å². The molecular weight excluding hydrogens is 484 g/mol. The number of hydrogen-bond donors (Lipinski definition) is 4. The van der Waals surface area contributed by atoms with Gasteiger partial charge in [0, 0.05) is 16.8 Å². The Hall–Kier alpha value is -2.35.